The smallest absolute Gasteiger partial charge is 0.142 e. The molecule has 0 bridgehead atoms. The van der Waals surface area contributed by atoms with Gasteiger partial charge in [-0.1, -0.05) is 34.6 Å². The third kappa shape index (κ3) is 3.61. The summed E-state index contributed by atoms with van der Waals surface area (Å²) in [5.41, 5.74) is 2.09. The van der Waals surface area contributed by atoms with Crippen LogP contribution in [0.2, 0.25) is 0 Å². The Morgan fingerprint density at radius 3 is 2.60 bits per heavy atom. The SMILES string of the molecule is CC(C)NCc1sc(-c2ccncn2)nc1C(C)(C)C. The molecule has 0 fully saturated rings. The maximum atomic E-state index is 4.82. The van der Waals surface area contributed by atoms with E-state index in [2.05, 4.69) is 49.9 Å². The molecular weight excluding hydrogens is 268 g/mol. The molecule has 0 radical (unpaired) electrons. The van der Waals surface area contributed by atoms with Crippen LogP contribution in [0, 0.1) is 0 Å². The fourth-order valence-electron chi connectivity index (χ4n) is 1.88. The highest BCUT2D eigenvalue weighted by molar-refractivity contribution is 7.15. The first-order chi connectivity index (χ1) is 9.38. The lowest BCUT2D eigenvalue weighted by atomic mass is 9.91. The molecule has 0 saturated heterocycles. The third-order valence-electron chi connectivity index (χ3n) is 2.88. The summed E-state index contributed by atoms with van der Waals surface area (Å²) in [5.74, 6) is 0. The molecule has 0 spiro atoms. The maximum Gasteiger partial charge on any atom is 0.142 e. The van der Waals surface area contributed by atoms with Crippen LogP contribution in [0.25, 0.3) is 10.7 Å². The molecular formula is C15H22N4S. The Hall–Kier alpha value is -1.33. The monoisotopic (exact) mass is 290 g/mol. The highest BCUT2D eigenvalue weighted by atomic mass is 32.1. The maximum absolute atomic E-state index is 4.82. The van der Waals surface area contributed by atoms with E-state index in [0.29, 0.717) is 6.04 Å². The van der Waals surface area contributed by atoms with Crippen molar-refractivity contribution in [1.82, 2.24) is 20.3 Å². The van der Waals surface area contributed by atoms with Crippen LogP contribution < -0.4 is 5.32 Å². The average molecular weight is 290 g/mol. The minimum atomic E-state index is 0.0375. The van der Waals surface area contributed by atoms with E-state index in [1.165, 1.54) is 4.88 Å². The Kier molecular flexibility index (Phi) is 4.50. The number of nitrogens with zero attached hydrogens (tertiary/aromatic N) is 3. The molecule has 108 valence electrons. The summed E-state index contributed by atoms with van der Waals surface area (Å²) >= 11 is 1.72. The van der Waals surface area contributed by atoms with Crippen molar-refractivity contribution in [2.75, 3.05) is 0 Å². The summed E-state index contributed by atoms with van der Waals surface area (Å²) in [5, 5.41) is 4.45. The fourth-order valence-corrected chi connectivity index (χ4v) is 3.08. The van der Waals surface area contributed by atoms with Crippen molar-refractivity contribution in [1.29, 1.82) is 0 Å². The number of hydrogen-bond donors (Lipinski definition) is 1. The number of hydrogen-bond acceptors (Lipinski definition) is 5. The lowest BCUT2D eigenvalue weighted by molar-refractivity contribution is 0.546. The standard InChI is InChI=1S/C15H22N4S/c1-10(2)17-8-12-13(15(3,4)5)19-14(20-12)11-6-7-16-9-18-11/h6-7,9-10,17H,8H2,1-5H3. The fraction of sp³-hybridized carbons (Fsp3) is 0.533. The zero-order valence-corrected chi connectivity index (χ0v) is 13.6. The molecule has 0 unspecified atom stereocenters. The summed E-state index contributed by atoms with van der Waals surface area (Å²) in [6.45, 7) is 11.8. The van der Waals surface area contributed by atoms with Crippen molar-refractivity contribution in [2.45, 2.75) is 52.6 Å². The molecule has 2 aromatic rings. The zero-order chi connectivity index (χ0) is 14.8. The molecule has 1 N–H and O–H groups in total. The van der Waals surface area contributed by atoms with Crippen LogP contribution in [0.5, 0.6) is 0 Å². The highest BCUT2D eigenvalue weighted by Crippen LogP contribution is 2.33. The van der Waals surface area contributed by atoms with Gasteiger partial charge in [0.2, 0.25) is 0 Å². The largest absolute Gasteiger partial charge is 0.310 e. The van der Waals surface area contributed by atoms with E-state index in [1.807, 2.05) is 6.07 Å². The van der Waals surface area contributed by atoms with Gasteiger partial charge in [0.05, 0.1) is 5.69 Å². The van der Waals surface area contributed by atoms with Gasteiger partial charge in [-0.3, -0.25) is 0 Å². The molecule has 0 atom stereocenters. The summed E-state index contributed by atoms with van der Waals surface area (Å²) in [4.78, 5) is 14.4. The van der Waals surface area contributed by atoms with Crippen molar-refractivity contribution in [2.24, 2.45) is 0 Å². The minimum absolute atomic E-state index is 0.0375. The van der Waals surface area contributed by atoms with Crippen molar-refractivity contribution >= 4 is 11.3 Å². The van der Waals surface area contributed by atoms with E-state index in [4.69, 9.17) is 4.98 Å². The minimum Gasteiger partial charge on any atom is -0.310 e. The van der Waals surface area contributed by atoms with E-state index >= 15 is 0 Å². The Labute approximate surface area is 124 Å². The lowest BCUT2D eigenvalue weighted by Crippen LogP contribution is -2.23. The van der Waals surface area contributed by atoms with E-state index in [-0.39, 0.29) is 5.41 Å². The van der Waals surface area contributed by atoms with E-state index in [9.17, 15) is 0 Å². The Morgan fingerprint density at radius 2 is 2.05 bits per heavy atom. The topological polar surface area (TPSA) is 50.7 Å². The normalized spacial score (nSPS) is 12.1. The summed E-state index contributed by atoms with van der Waals surface area (Å²) in [6.07, 6.45) is 3.33. The number of rotatable bonds is 4. The van der Waals surface area contributed by atoms with Gasteiger partial charge in [-0.15, -0.1) is 11.3 Å². The Bertz CT molecular complexity index is 555. The number of thiazole rings is 1. The third-order valence-corrected chi connectivity index (χ3v) is 3.96. The van der Waals surface area contributed by atoms with Crippen molar-refractivity contribution in [3.05, 3.63) is 29.2 Å². The predicted octanol–water partition coefficient (Wildman–Crippen LogP) is 3.40. The first-order valence-electron chi connectivity index (χ1n) is 6.88. The quantitative estimate of drug-likeness (QED) is 0.937. The van der Waals surface area contributed by atoms with Gasteiger partial charge in [-0.25, -0.2) is 15.0 Å². The van der Waals surface area contributed by atoms with Gasteiger partial charge in [0, 0.05) is 29.1 Å². The first-order valence-corrected chi connectivity index (χ1v) is 7.69. The lowest BCUT2D eigenvalue weighted by Gasteiger charge is -2.18. The molecule has 2 heterocycles. The summed E-state index contributed by atoms with van der Waals surface area (Å²) in [6, 6.07) is 2.37. The number of aromatic nitrogens is 3. The van der Waals surface area contributed by atoms with Crippen molar-refractivity contribution in [3.63, 3.8) is 0 Å². The van der Waals surface area contributed by atoms with Gasteiger partial charge >= 0.3 is 0 Å². The second-order valence-corrected chi connectivity index (χ2v) is 7.25. The van der Waals surface area contributed by atoms with Crippen LogP contribution in [0.1, 0.15) is 45.2 Å². The average Bonchev–Trinajstić information content (AvgIpc) is 2.81. The molecule has 0 aliphatic rings. The van der Waals surface area contributed by atoms with Gasteiger partial charge in [-0.05, 0) is 6.07 Å². The van der Waals surface area contributed by atoms with E-state index in [0.717, 1.165) is 22.9 Å². The molecule has 2 aromatic heterocycles. The van der Waals surface area contributed by atoms with Crippen LogP contribution in [0.15, 0.2) is 18.6 Å². The molecule has 20 heavy (non-hydrogen) atoms. The van der Waals surface area contributed by atoms with Gasteiger partial charge in [-0.2, -0.15) is 0 Å². The van der Waals surface area contributed by atoms with Gasteiger partial charge in [0.25, 0.3) is 0 Å². The van der Waals surface area contributed by atoms with Gasteiger partial charge in [0.15, 0.2) is 0 Å². The molecule has 0 saturated carbocycles. The molecule has 0 aliphatic carbocycles. The van der Waals surface area contributed by atoms with Gasteiger partial charge < -0.3 is 5.32 Å². The Morgan fingerprint density at radius 1 is 1.30 bits per heavy atom. The van der Waals surface area contributed by atoms with Crippen LogP contribution in [0.3, 0.4) is 0 Å². The summed E-state index contributed by atoms with van der Waals surface area (Å²) < 4.78 is 0. The van der Waals surface area contributed by atoms with Crippen molar-refractivity contribution in [3.8, 4) is 10.7 Å². The van der Waals surface area contributed by atoms with Crippen LogP contribution in [-0.4, -0.2) is 21.0 Å². The molecule has 2 rings (SSSR count). The predicted molar refractivity (Wildman–Crippen MR) is 83.8 cm³/mol. The first kappa shape index (κ1) is 15.1. The number of nitrogens with one attached hydrogen (secondary N) is 1. The second kappa shape index (κ2) is 5.97. The molecule has 0 aliphatic heterocycles. The highest BCUT2D eigenvalue weighted by Gasteiger charge is 2.23. The Balaban J connectivity index is 2.37. The van der Waals surface area contributed by atoms with Crippen molar-refractivity contribution < 1.29 is 0 Å². The van der Waals surface area contributed by atoms with E-state index < -0.39 is 0 Å². The van der Waals surface area contributed by atoms with E-state index in [1.54, 1.807) is 23.9 Å². The van der Waals surface area contributed by atoms with Crippen LogP contribution in [0.4, 0.5) is 0 Å². The zero-order valence-electron chi connectivity index (χ0n) is 12.8. The second-order valence-electron chi connectivity index (χ2n) is 6.17. The van der Waals surface area contributed by atoms with Crippen LogP contribution >= 0.6 is 11.3 Å². The van der Waals surface area contributed by atoms with Crippen LogP contribution in [-0.2, 0) is 12.0 Å². The molecule has 4 nitrogen and oxygen atoms in total. The van der Waals surface area contributed by atoms with Gasteiger partial charge in [0.1, 0.15) is 17.0 Å². The summed E-state index contributed by atoms with van der Waals surface area (Å²) in [7, 11) is 0. The molecule has 0 amide bonds. The molecule has 0 aromatic carbocycles. The molecule has 5 heteroatoms.